The van der Waals surface area contributed by atoms with Crippen LogP contribution >= 0.6 is 0 Å². The SMILES string of the molecule is C=C(c1ccc(-c2cccc3cccnc23)cc1)N1CCN(C(C)c2ccc(F)cc2)CC1C. The van der Waals surface area contributed by atoms with Gasteiger partial charge in [-0.2, -0.15) is 0 Å². The lowest BCUT2D eigenvalue weighted by Crippen LogP contribution is -2.51. The molecule has 0 amide bonds. The summed E-state index contributed by atoms with van der Waals surface area (Å²) in [6, 6.07) is 26.5. The summed E-state index contributed by atoms with van der Waals surface area (Å²) in [7, 11) is 0. The van der Waals surface area contributed by atoms with Crippen molar-refractivity contribution >= 4 is 16.6 Å². The first-order chi connectivity index (χ1) is 16.5. The summed E-state index contributed by atoms with van der Waals surface area (Å²) >= 11 is 0. The second-order valence-corrected chi connectivity index (χ2v) is 9.17. The molecule has 2 unspecified atom stereocenters. The molecule has 0 radical (unpaired) electrons. The molecule has 2 heterocycles. The van der Waals surface area contributed by atoms with Crippen molar-refractivity contribution in [3.05, 3.63) is 109 Å². The van der Waals surface area contributed by atoms with E-state index < -0.39 is 0 Å². The van der Waals surface area contributed by atoms with E-state index in [1.807, 2.05) is 24.4 Å². The van der Waals surface area contributed by atoms with Crippen molar-refractivity contribution in [1.29, 1.82) is 0 Å². The minimum Gasteiger partial charge on any atom is -0.366 e. The summed E-state index contributed by atoms with van der Waals surface area (Å²) in [5.74, 6) is -0.187. The third kappa shape index (κ3) is 4.34. The second kappa shape index (κ2) is 9.40. The number of benzene rings is 3. The predicted molar refractivity (Wildman–Crippen MR) is 139 cm³/mol. The van der Waals surface area contributed by atoms with Gasteiger partial charge in [0, 0.05) is 54.6 Å². The Kier molecular flexibility index (Phi) is 6.16. The van der Waals surface area contributed by atoms with Crippen molar-refractivity contribution in [2.75, 3.05) is 19.6 Å². The van der Waals surface area contributed by atoms with Gasteiger partial charge in [-0.15, -0.1) is 0 Å². The zero-order valence-electron chi connectivity index (χ0n) is 19.8. The van der Waals surface area contributed by atoms with Gasteiger partial charge in [-0.1, -0.05) is 67.2 Å². The first kappa shape index (κ1) is 22.3. The molecule has 3 aromatic carbocycles. The van der Waals surface area contributed by atoms with Crippen LogP contribution in [0.25, 0.3) is 27.7 Å². The average molecular weight is 452 g/mol. The highest BCUT2D eigenvalue weighted by atomic mass is 19.1. The second-order valence-electron chi connectivity index (χ2n) is 9.17. The number of aromatic nitrogens is 1. The Hall–Kier alpha value is -3.50. The normalized spacial score (nSPS) is 17.6. The Labute approximate surface area is 201 Å². The third-order valence-corrected chi connectivity index (χ3v) is 7.07. The van der Waals surface area contributed by atoms with Crippen molar-refractivity contribution in [2.24, 2.45) is 0 Å². The van der Waals surface area contributed by atoms with Crippen LogP contribution in [-0.4, -0.2) is 40.5 Å². The summed E-state index contributed by atoms with van der Waals surface area (Å²) in [5, 5.41) is 1.15. The topological polar surface area (TPSA) is 19.4 Å². The third-order valence-electron chi connectivity index (χ3n) is 7.07. The fourth-order valence-electron chi connectivity index (χ4n) is 5.04. The monoisotopic (exact) mass is 451 g/mol. The van der Waals surface area contributed by atoms with Crippen molar-refractivity contribution < 1.29 is 4.39 Å². The predicted octanol–water partition coefficient (Wildman–Crippen LogP) is 6.78. The van der Waals surface area contributed by atoms with Crippen LogP contribution in [0.3, 0.4) is 0 Å². The summed E-state index contributed by atoms with van der Waals surface area (Å²) in [6.07, 6.45) is 1.85. The number of nitrogens with zero attached hydrogens (tertiary/aromatic N) is 3. The average Bonchev–Trinajstić information content (AvgIpc) is 2.88. The zero-order valence-corrected chi connectivity index (χ0v) is 19.8. The smallest absolute Gasteiger partial charge is 0.123 e. The van der Waals surface area contributed by atoms with E-state index in [-0.39, 0.29) is 11.9 Å². The summed E-state index contributed by atoms with van der Waals surface area (Å²) in [6.45, 7) is 11.7. The molecule has 0 bridgehead atoms. The van der Waals surface area contributed by atoms with Crippen LogP contribution in [-0.2, 0) is 0 Å². The van der Waals surface area contributed by atoms with Gasteiger partial charge in [-0.05, 0) is 48.7 Å². The van der Waals surface area contributed by atoms with Gasteiger partial charge in [0.15, 0.2) is 0 Å². The van der Waals surface area contributed by atoms with Crippen molar-refractivity contribution in [1.82, 2.24) is 14.8 Å². The Morgan fingerprint density at radius 1 is 0.971 bits per heavy atom. The van der Waals surface area contributed by atoms with Gasteiger partial charge in [0.05, 0.1) is 5.52 Å². The number of pyridine rings is 1. The first-order valence-electron chi connectivity index (χ1n) is 11.9. The molecule has 3 nitrogen and oxygen atoms in total. The summed E-state index contributed by atoms with van der Waals surface area (Å²) in [5.41, 5.74) is 6.68. The van der Waals surface area contributed by atoms with Gasteiger partial charge in [0.2, 0.25) is 0 Å². The quantitative estimate of drug-likeness (QED) is 0.333. The van der Waals surface area contributed by atoms with Crippen molar-refractivity contribution in [3.8, 4) is 11.1 Å². The molecule has 34 heavy (non-hydrogen) atoms. The molecule has 2 atom stereocenters. The van der Waals surface area contributed by atoms with E-state index in [1.54, 1.807) is 12.1 Å². The van der Waals surface area contributed by atoms with E-state index in [4.69, 9.17) is 0 Å². The number of para-hydroxylation sites is 1. The van der Waals surface area contributed by atoms with Gasteiger partial charge in [-0.25, -0.2) is 4.39 Å². The number of rotatable bonds is 5. The lowest BCUT2D eigenvalue weighted by Gasteiger charge is -2.44. The van der Waals surface area contributed by atoms with E-state index in [1.165, 1.54) is 0 Å². The molecule has 1 aliphatic rings. The highest BCUT2D eigenvalue weighted by Gasteiger charge is 2.28. The minimum atomic E-state index is -0.187. The fraction of sp³-hybridized carbons (Fsp3) is 0.233. The molecule has 0 saturated carbocycles. The highest BCUT2D eigenvalue weighted by molar-refractivity contribution is 5.93. The number of fused-ring (bicyclic) bond motifs is 1. The summed E-state index contributed by atoms with van der Waals surface area (Å²) in [4.78, 5) is 9.47. The molecule has 1 fully saturated rings. The van der Waals surface area contributed by atoms with Gasteiger partial charge in [0.25, 0.3) is 0 Å². The van der Waals surface area contributed by atoms with E-state index in [9.17, 15) is 4.39 Å². The van der Waals surface area contributed by atoms with Gasteiger partial charge < -0.3 is 4.90 Å². The van der Waals surface area contributed by atoms with Gasteiger partial charge in [0.1, 0.15) is 5.82 Å². The fourth-order valence-corrected chi connectivity index (χ4v) is 5.04. The minimum absolute atomic E-state index is 0.187. The van der Waals surface area contributed by atoms with Crippen LogP contribution in [0, 0.1) is 5.82 Å². The van der Waals surface area contributed by atoms with E-state index in [0.29, 0.717) is 6.04 Å². The zero-order chi connectivity index (χ0) is 23.7. The largest absolute Gasteiger partial charge is 0.366 e. The Morgan fingerprint density at radius 2 is 1.71 bits per heavy atom. The molecule has 1 aromatic heterocycles. The van der Waals surface area contributed by atoms with Crippen molar-refractivity contribution in [3.63, 3.8) is 0 Å². The van der Waals surface area contributed by atoms with E-state index in [2.05, 4.69) is 83.7 Å². The molecular formula is C30H30FN3. The van der Waals surface area contributed by atoms with Gasteiger partial charge >= 0.3 is 0 Å². The molecule has 0 aliphatic carbocycles. The molecule has 172 valence electrons. The van der Waals surface area contributed by atoms with Crippen LogP contribution in [0.2, 0.25) is 0 Å². The lowest BCUT2D eigenvalue weighted by atomic mass is 9.99. The van der Waals surface area contributed by atoms with E-state index >= 15 is 0 Å². The maximum Gasteiger partial charge on any atom is 0.123 e. The molecule has 0 spiro atoms. The molecule has 5 rings (SSSR count). The standard InChI is InChI=1S/C30H30FN3/c1-21-20-33(22(2)24-13-15-28(31)16-14-24)18-19-34(21)23(3)25-9-11-26(12-10-25)29-8-4-6-27-7-5-17-32-30(27)29/h4-17,21-22H,3,18-20H2,1-2H3. The number of hydrogen-bond donors (Lipinski definition) is 0. The van der Waals surface area contributed by atoms with Crippen LogP contribution in [0.15, 0.2) is 91.6 Å². The van der Waals surface area contributed by atoms with Gasteiger partial charge in [-0.3, -0.25) is 9.88 Å². The maximum atomic E-state index is 13.3. The van der Waals surface area contributed by atoms with Crippen molar-refractivity contribution in [2.45, 2.75) is 25.9 Å². The number of hydrogen-bond acceptors (Lipinski definition) is 3. The highest BCUT2D eigenvalue weighted by Crippen LogP contribution is 2.31. The molecular weight excluding hydrogens is 421 g/mol. The van der Waals surface area contributed by atoms with Crippen LogP contribution in [0.5, 0.6) is 0 Å². The Bertz CT molecular complexity index is 1290. The Morgan fingerprint density at radius 3 is 2.44 bits per heavy atom. The van der Waals surface area contributed by atoms with Crippen LogP contribution < -0.4 is 0 Å². The maximum absolute atomic E-state index is 13.3. The first-order valence-corrected chi connectivity index (χ1v) is 11.9. The van der Waals surface area contributed by atoms with Crippen LogP contribution in [0.1, 0.15) is 31.0 Å². The molecule has 0 N–H and O–H groups in total. The number of halogens is 1. The molecule has 1 saturated heterocycles. The molecule has 4 heteroatoms. The Balaban J connectivity index is 1.29. The number of piperazine rings is 1. The summed E-state index contributed by atoms with van der Waals surface area (Å²) < 4.78 is 13.3. The van der Waals surface area contributed by atoms with E-state index in [0.717, 1.165) is 58.5 Å². The molecule has 1 aliphatic heterocycles. The van der Waals surface area contributed by atoms with Crippen LogP contribution in [0.4, 0.5) is 4.39 Å². The molecule has 4 aromatic rings. The lowest BCUT2D eigenvalue weighted by molar-refractivity contribution is 0.0968.